The van der Waals surface area contributed by atoms with Crippen molar-refractivity contribution in [3.05, 3.63) is 29.8 Å². The molecule has 0 aromatic heterocycles. The lowest BCUT2D eigenvalue weighted by Crippen LogP contribution is -2.47. The molecule has 4 rings (SSSR count). The van der Waals surface area contributed by atoms with E-state index in [1.54, 1.807) is 0 Å². The van der Waals surface area contributed by atoms with Crippen molar-refractivity contribution < 1.29 is 14.3 Å². The van der Waals surface area contributed by atoms with Crippen LogP contribution in [-0.2, 0) is 4.79 Å². The maximum absolute atomic E-state index is 13.2. The van der Waals surface area contributed by atoms with Crippen molar-refractivity contribution >= 4 is 11.8 Å². The van der Waals surface area contributed by atoms with Gasteiger partial charge in [-0.3, -0.25) is 9.59 Å². The first-order chi connectivity index (χ1) is 13.5. The molecule has 2 saturated carbocycles. The van der Waals surface area contributed by atoms with Crippen LogP contribution in [0.25, 0.3) is 0 Å². The van der Waals surface area contributed by atoms with E-state index in [0.29, 0.717) is 24.1 Å². The number of nitrogens with one attached hydrogen (secondary N) is 1. The molecule has 0 spiro atoms. The number of amides is 2. The minimum absolute atomic E-state index is 0.0117. The molecule has 1 aromatic carbocycles. The summed E-state index contributed by atoms with van der Waals surface area (Å²) in [6, 6.07) is 7.85. The molecule has 1 aromatic rings. The number of ether oxygens (including phenoxy) is 1. The Morgan fingerprint density at radius 1 is 1.07 bits per heavy atom. The van der Waals surface area contributed by atoms with E-state index in [1.165, 1.54) is 6.42 Å². The van der Waals surface area contributed by atoms with Crippen LogP contribution in [0.2, 0.25) is 0 Å². The lowest BCUT2D eigenvalue weighted by molar-refractivity contribution is -0.144. The Labute approximate surface area is 167 Å². The van der Waals surface area contributed by atoms with Crippen molar-refractivity contribution in [3.8, 4) is 5.75 Å². The Morgan fingerprint density at radius 3 is 2.46 bits per heavy atom. The van der Waals surface area contributed by atoms with Gasteiger partial charge in [0.05, 0.1) is 6.04 Å². The molecule has 1 atom stereocenters. The van der Waals surface area contributed by atoms with E-state index in [2.05, 4.69) is 17.1 Å². The fourth-order valence-corrected chi connectivity index (χ4v) is 4.56. The second kappa shape index (κ2) is 8.14. The van der Waals surface area contributed by atoms with Crippen LogP contribution in [0.3, 0.4) is 0 Å². The zero-order valence-corrected chi connectivity index (χ0v) is 16.9. The number of likely N-dealkylation sites (tertiary alicyclic amines) is 1. The fraction of sp³-hybridized carbons (Fsp3) is 0.652. The van der Waals surface area contributed by atoms with Crippen LogP contribution in [0.1, 0.15) is 75.1 Å². The normalized spacial score (nSPS) is 24.0. The number of benzene rings is 1. The number of rotatable bonds is 6. The molecule has 1 heterocycles. The van der Waals surface area contributed by atoms with Crippen LogP contribution in [0.4, 0.5) is 0 Å². The van der Waals surface area contributed by atoms with Crippen LogP contribution < -0.4 is 10.1 Å². The average molecular weight is 385 g/mol. The Balaban J connectivity index is 1.32. The highest BCUT2D eigenvalue weighted by Gasteiger charge is 2.41. The van der Waals surface area contributed by atoms with Crippen LogP contribution in [0.5, 0.6) is 5.75 Å². The van der Waals surface area contributed by atoms with Crippen LogP contribution >= 0.6 is 0 Å². The predicted molar refractivity (Wildman–Crippen MR) is 108 cm³/mol. The van der Waals surface area contributed by atoms with Crippen LogP contribution in [-0.4, -0.2) is 41.9 Å². The molecule has 5 nitrogen and oxygen atoms in total. The van der Waals surface area contributed by atoms with Gasteiger partial charge in [-0.25, -0.2) is 0 Å². The maximum Gasteiger partial charge on any atom is 0.251 e. The summed E-state index contributed by atoms with van der Waals surface area (Å²) >= 11 is 0. The number of carbonyl (C=O) groups excluding carboxylic acids is 2. The number of hydrogen-bond acceptors (Lipinski definition) is 3. The van der Waals surface area contributed by atoms with Gasteiger partial charge in [0.15, 0.2) is 0 Å². The maximum atomic E-state index is 13.2. The number of hydrogen-bond donors (Lipinski definition) is 1. The number of nitrogens with zero attached hydrogens (tertiary/aromatic N) is 1. The summed E-state index contributed by atoms with van der Waals surface area (Å²) in [7, 11) is 0. The molecular formula is C23H32N2O3. The summed E-state index contributed by atoms with van der Waals surface area (Å²) in [6.45, 7) is 3.52. The summed E-state index contributed by atoms with van der Waals surface area (Å²) in [5.74, 6) is 1.07. The van der Waals surface area contributed by atoms with Gasteiger partial charge >= 0.3 is 0 Å². The van der Waals surface area contributed by atoms with E-state index in [4.69, 9.17) is 4.74 Å². The SMILES string of the molecule is CC1(C(=O)N2CCCC2COc2ccc(C(=O)NC3CC3)cc2)CCCCC1. The monoisotopic (exact) mass is 384 g/mol. The van der Waals surface area contributed by atoms with E-state index in [1.807, 2.05) is 24.3 Å². The van der Waals surface area contributed by atoms with Crippen molar-refractivity contribution in [2.75, 3.05) is 13.2 Å². The highest BCUT2D eigenvalue weighted by atomic mass is 16.5. The fourth-order valence-electron chi connectivity index (χ4n) is 4.56. The molecular weight excluding hydrogens is 352 g/mol. The molecule has 1 unspecified atom stereocenters. The van der Waals surface area contributed by atoms with Crippen molar-refractivity contribution in [3.63, 3.8) is 0 Å². The molecule has 1 N–H and O–H groups in total. The standard InChI is InChI=1S/C23H32N2O3/c1-23(13-3-2-4-14-23)22(27)25-15-5-6-19(25)16-28-20-11-7-17(8-12-20)21(26)24-18-9-10-18/h7-8,11-12,18-19H,2-6,9-10,13-16H2,1H3,(H,24,26). The third-order valence-corrected chi connectivity index (χ3v) is 6.58. The summed E-state index contributed by atoms with van der Waals surface area (Å²) in [6.07, 6.45) is 9.84. The van der Waals surface area contributed by atoms with Crippen LogP contribution in [0.15, 0.2) is 24.3 Å². The third kappa shape index (κ3) is 4.34. The van der Waals surface area contributed by atoms with Gasteiger partial charge in [-0.05, 0) is 62.8 Å². The van der Waals surface area contributed by atoms with Crippen LogP contribution in [0, 0.1) is 5.41 Å². The molecule has 5 heteroatoms. The first-order valence-corrected chi connectivity index (χ1v) is 10.9. The van der Waals surface area contributed by atoms with E-state index in [-0.39, 0.29) is 17.4 Å². The van der Waals surface area contributed by atoms with Gasteiger partial charge < -0.3 is 15.0 Å². The Kier molecular flexibility index (Phi) is 5.61. The highest BCUT2D eigenvalue weighted by Crippen LogP contribution is 2.39. The second-order valence-corrected chi connectivity index (χ2v) is 9.00. The van der Waals surface area contributed by atoms with Crippen molar-refractivity contribution in [1.29, 1.82) is 0 Å². The van der Waals surface area contributed by atoms with Gasteiger partial charge in [-0.2, -0.15) is 0 Å². The lowest BCUT2D eigenvalue weighted by Gasteiger charge is -2.37. The second-order valence-electron chi connectivity index (χ2n) is 9.00. The van der Waals surface area contributed by atoms with Gasteiger partial charge in [0.2, 0.25) is 5.91 Å². The molecule has 28 heavy (non-hydrogen) atoms. The first kappa shape index (κ1) is 19.3. The van der Waals surface area contributed by atoms with E-state index >= 15 is 0 Å². The molecule has 3 fully saturated rings. The Bertz CT molecular complexity index is 705. The summed E-state index contributed by atoms with van der Waals surface area (Å²) < 4.78 is 5.99. The van der Waals surface area contributed by atoms with E-state index in [0.717, 1.165) is 63.7 Å². The van der Waals surface area contributed by atoms with E-state index < -0.39 is 0 Å². The molecule has 2 aliphatic carbocycles. The minimum atomic E-state index is -0.183. The molecule has 0 radical (unpaired) electrons. The summed E-state index contributed by atoms with van der Waals surface area (Å²) in [4.78, 5) is 27.3. The third-order valence-electron chi connectivity index (χ3n) is 6.58. The summed E-state index contributed by atoms with van der Waals surface area (Å²) in [5, 5.41) is 3.00. The largest absolute Gasteiger partial charge is 0.491 e. The Hall–Kier alpha value is -2.04. The topological polar surface area (TPSA) is 58.6 Å². The molecule has 152 valence electrons. The first-order valence-electron chi connectivity index (χ1n) is 10.9. The molecule has 1 saturated heterocycles. The van der Waals surface area contributed by atoms with Gasteiger partial charge in [0.25, 0.3) is 5.91 Å². The smallest absolute Gasteiger partial charge is 0.251 e. The lowest BCUT2D eigenvalue weighted by atomic mass is 9.74. The zero-order chi connectivity index (χ0) is 19.6. The van der Waals surface area contributed by atoms with E-state index in [9.17, 15) is 9.59 Å². The Morgan fingerprint density at radius 2 is 1.79 bits per heavy atom. The predicted octanol–water partition coefficient (Wildman–Crippen LogP) is 3.92. The molecule has 0 bridgehead atoms. The average Bonchev–Trinajstić information content (AvgIpc) is 3.40. The molecule has 3 aliphatic rings. The molecule has 1 aliphatic heterocycles. The van der Waals surface area contributed by atoms with Gasteiger partial charge in [-0.15, -0.1) is 0 Å². The highest BCUT2D eigenvalue weighted by molar-refractivity contribution is 5.94. The van der Waals surface area contributed by atoms with Gasteiger partial charge in [-0.1, -0.05) is 26.2 Å². The quantitative estimate of drug-likeness (QED) is 0.809. The van der Waals surface area contributed by atoms with Gasteiger partial charge in [0, 0.05) is 23.6 Å². The van der Waals surface area contributed by atoms with Gasteiger partial charge in [0.1, 0.15) is 12.4 Å². The molecule has 2 amide bonds. The van der Waals surface area contributed by atoms with Crippen molar-refractivity contribution in [2.24, 2.45) is 5.41 Å². The number of carbonyl (C=O) groups is 2. The van der Waals surface area contributed by atoms with Crippen molar-refractivity contribution in [1.82, 2.24) is 10.2 Å². The zero-order valence-electron chi connectivity index (χ0n) is 16.9. The minimum Gasteiger partial charge on any atom is -0.491 e. The summed E-state index contributed by atoms with van der Waals surface area (Å²) in [5.41, 5.74) is 0.486. The van der Waals surface area contributed by atoms with Crippen molar-refractivity contribution in [2.45, 2.75) is 76.8 Å².